The molecular weight excluding hydrogens is 653 g/mol. The summed E-state index contributed by atoms with van der Waals surface area (Å²) >= 11 is 0. The predicted molar refractivity (Wildman–Crippen MR) is 191 cm³/mol. The molecule has 5 heterocycles. The number of rotatable bonds is 6. The Bertz CT molecular complexity index is 2030. The number of carbonyl (C=O) groups is 2. The summed E-state index contributed by atoms with van der Waals surface area (Å²) in [6.07, 6.45) is 6.50. The van der Waals surface area contributed by atoms with Gasteiger partial charge < -0.3 is 23.8 Å². The van der Waals surface area contributed by atoms with E-state index in [1.807, 2.05) is 18.2 Å². The van der Waals surface area contributed by atoms with Crippen LogP contribution in [0.5, 0.6) is 5.75 Å². The highest BCUT2D eigenvalue weighted by Crippen LogP contribution is 2.67. The molecule has 2 aromatic carbocycles. The molecule has 1 aromatic heterocycles. The van der Waals surface area contributed by atoms with Crippen LogP contribution in [0, 0.1) is 16.2 Å². The molecule has 1 N–H and O–H groups in total. The summed E-state index contributed by atoms with van der Waals surface area (Å²) in [6.45, 7) is 8.36. The molecule has 4 atom stereocenters. The minimum absolute atomic E-state index is 0.0255. The maximum absolute atomic E-state index is 15.2. The normalized spacial score (nSPS) is 30.4. The van der Waals surface area contributed by atoms with Gasteiger partial charge in [0.05, 0.1) is 36.7 Å². The zero-order chi connectivity index (χ0) is 34.8. The number of sulfonamides is 1. The van der Waals surface area contributed by atoms with Gasteiger partial charge in [-0.05, 0) is 87.5 Å². The van der Waals surface area contributed by atoms with Gasteiger partial charge in [-0.25, -0.2) is 13.1 Å². The van der Waals surface area contributed by atoms with Crippen molar-refractivity contribution in [3.63, 3.8) is 0 Å². The molecule has 0 bridgehead atoms. The highest BCUT2D eigenvalue weighted by molar-refractivity contribution is 7.90. The van der Waals surface area contributed by atoms with Gasteiger partial charge in [0.2, 0.25) is 15.9 Å². The number of hydrogen-bond donors (Lipinski definition) is 1. The Morgan fingerprint density at radius 1 is 0.960 bits per heavy atom. The van der Waals surface area contributed by atoms with E-state index in [4.69, 9.17) is 9.47 Å². The summed E-state index contributed by atoms with van der Waals surface area (Å²) in [7, 11) is 0.0635. The van der Waals surface area contributed by atoms with E-state index in [9.17, 15) is 13.2 Å². The second-order valence-corrected chi connectivity index (χ2v) is 18.9. The van der Waals surface area contributed by atoms with Crippen LogP contribution in [0.25, 0.3) is 22.2 Å². The van der Waals surface area contributed by atoms with Gasteiger partial charge in [-0.3, -0.25) is 9.59 Å². The standard InChI is InChI=1S/C39H48N4O6S/c1-24(2)50(46,47)40-35(44)26-10-12-29-32(14-26)43-21-39(36(45)42-19-37-17-41(3)18-38(37,20-42)23-49-22-37)16-31(39)30-15-27(48-4)11-13-28(30)34(43)33(29)25-8-6-5-7-9-25/h10-15,24-25,31H,5-9,16-23H2,1-4H3,(H,40,44)/t31-,37?,38?,39-/m0/s1. The molecule has 2 saturated carbocycles. The molecule has 2 unspecified atom stereocenters. The smallest absolute Gasteiger partial charge is 0.264 e. The molecule has 266 valence electrons. The Kier molecular flexibility index (Phi) is 7.18. The number of carbonyl (C=O) groups excluding carboxylic acids is 2. The number of nitrogens with one attached hydrogen (secondary N) is 1. The number of aromatic nitrogens is 1. The summed E-state index contributed by atoms with van der Waals surface area (Å²) in [4.78, 5) is 33.2. The van der Waals surface area contributed by atoms with Gasteiger partial charge in [0, 0.05) is 71.5 Å². The number of ether oxygens (including phenoxy) is 2. The van der Waals surface area contributed by atoms with E-state index in [1.54, 1.807) is 27.0 Å². The fraction of sp³-hybridized carbons (Fsp3) is 0.590. The van der Waals surface area contributed by atoms with Crippen molar-refractivity contribution in [3.05, 3.63) is 53.1 Å². The van der Waals surface area contributed by atoms with Gasteiger partial charge in [-0.1, -0.05) is 25.3 Å². The van der Waals surface area contributed by atoms with Crippen LogP contribution >= 0.6 is 0 Å². The lowest BCUT2D eigenvalue weighted by molar-refractivity contribution is -0.138. The van der Waals surface area contributed by atoms with Crippen LogP contribution in [-0.2, 0) is 26.1 Å². The van der Waals surface area contributed by atoms with Gasteiger partial charge >= 0.3 is 0 Å². The maximum atomic E-state index is 15.2. The molecule has 5 fully saturated rings. The Morgan fingerprint density at radius 2 is 1.68 bits per heavy atom. The van der Waals surface area contributed by atoms with Crippen molar-refractivity contribution < 1.29 is 27.5 Å². The minimum atomic E-state index is -3.81. The third kappa shape index (κ3) is 4.54. The highest BCUT2D eigenvalue weighted by atomic mass is 32.2. The first-order chi connectivity index (χ1) is 23.9. The second-order valence-electron chi connectivity index (χ2n) is 16.7. The van der Waals surface area contributed by atoms with E-state index in [1.165, 1.54) is 24.8 Å². The van der Waals surface area contributed by atoms with Crippen LogP contribution in [0.1, 0.15) is 85.7 Å². The monoisotopic (exact) mass is 700 g/mol. The van der Waals surface area contributed by atoms with Gasteiger partial charge in [-0.2, -0.15) is 0 Å². The number of nitrogens with zero attached hydrogens (tertiary/aromatic N) is 3. The first kappa shape index (κ1) is 32.5. The first-order valence-corrected chi connectivity index (χ1v) is 19.9. The lowest BCUT2D eigenvalue weighted by atomic mass is 9.71. The number of methoxy groups -OCH3 is 1. The Hall–Kier alpha value is -3.41. The molecule has 3 saturated heterocycles. The zero-order valence-corrected chi connectivity index (χ0v) is 30.4. The average Bonchev–Trinajstić information content (AvgIpc) is 3.32. The second kappa shape index (κ2) is 11.0. The quantitative estimate of drug-likeness (QED) is 0.381. The summed E-state index contributed by atoms with van der Waals surface area (Å²) in [5.41, 5.74) is 5.23. The summed E-state index contributed by atoms with van der Waals surface area (Å²) in [6, 6.07) is 12.0. The Balaban J connectivity index is 1.20. The molecular formula is C39H48N4O6S. The zero-order valence-electron chi connectivity index (χ0n) is 29.6. The van der Waals surface area contributed by atoms with Gasteiger partial charge in [0.1, 0.15) is 5.75 Å². The third-order valence-electron chi connectivity index (χ3n) is 13.4. The molecule has 4 aliphatic heterocycles. The average molecular weight is 701 g/mol. The van der Waals surface area contributed by atoms with Crippen molar-refractivity contribution in [2.75, 3.05) is 53.6 Å². The molecule has 10 nitrogen and oxygen atoms in total. The summed E-state index contributed by atoms with van der Waals surface area (Å²) in [5, 5.41) is 0.348. The van der Waals surface area contributed by atoms with E-state index < -0.39 is 26.6 Å². The lowest BCUT2D eigenvalue weighted by Gasteiger charge is -2.29. The van der Waals surface area contributed by atoms with Crippen molar-refractivity contribution in [2.24, 2.45) is 16.2 Å². The maximum Gasteiger partial charge on any atom is 0.264 e. The van der Waals surface area contributed by atoms with E-state index in [-0.39, 0.29) is 22.7 Å². The highest BCUT2D eigenvalue weighted by Gasteiger charge is 2.70. The van der Waals surface area contributed by atoms with Crippen molar-refractivity contribution in [2.45, 2.75) is 76.0 Å². The van der Waals surface area contributed by atoms with Gasteiger partial charge in [0.15, 0.2) is 0 Å². The predicted octanol–water partition coefficient (Wildman–Crippen LogP) is 5.11. The summed E-state index contributed by atoms with van der Waals surface area (Å²) < 4.78 is 41.9. The van der Waals surface area contributed by atoms with E-state index >= 15 is 4.79 Å². The molecule has 2 aliphatic carbocycles. The fourth-order valence-electron chi connectivity index (χ4n) is 10.8. The van der Waals surface area contributed by atoms with E-state index in [0.29, 0.717) is 31.2 Å². The van der Waals surface area contributed by atoms with Gasteiger partial charge in [-0.15, -0.1) is 0 Å². The fourth-order valence-corrected chi connectivity index (χ4v) is 11.4. The van der Waals surface area contributed by atoms with E-state index in [2.05, 4.69) is 38.3 Å². The minimum Gasteiger partial charge on any atom is -0.497 e. The number of benzene rings is 2. The number of amides is 2. The van der Waals surface area contributed by atoms with Gasteiger partial charge in [0.25, 0.3) is 5.91 Å². The lowest BCUT2D eigenvalue weighted by Crippen LogP contribution is -2.43. The first-order valence-electron chi connectivity index (χ1n) is 18.4. The topological polar surface area (TPSA) is 110 Å². The number of hydrogen-bond acceptors (Lipinski definition) is 7. The Labute approximate surface area is 294 Å². The molecule has 11 heteroatoms. The van der Waals surface area contributed by atoms with E-state index in [0.717, 1.165) is 78.9 Å². The van der Waals surface area contributed by atoms with Crippen molar-refractivity contribution in [3.8, 4) is 17.0 Å². The molecule has 50 heavy (non-hydrogen) atoms. The molecule has 6 aliphatic rings. The molecule has 3 aromatic rings. The SMILES string of the molecule is COc1ccc2c(c1)[C@@H]1C[C@]1(C(=O)N1CC34COCC3(CN(C)C4)C1)Cn1c-2c(C2CCCCC2)c2ccc(C(=O)NS(=O)(=O)C(C)C)cc21. The van der Waals surface area contributed by atoms with Crippen LogP contribution < -0.4 is 9.46 Å². The molecule has 9 rings (SSSR count). The molecule has 0 radical (unpaired) electrons. The van der Waals surface area contributed by atoms with Crippen molar-refractivity contribution in [1.82, 2.24) is 19.1 Å². The molecule has 0 spiro atoms. The van der Waals surface area contributed by atoms with Crippen LogP contribution in [-0.4, -0.2) is 93.4 Å². The van der Waals surface area contributed by atoms with Crippen molar-refractivity contribution in [1.29, 1.82) is 0 Å². The summed E-state index contributed by atoms with van der Waals surface area (Å²) in [5.74, 6) is 0.775. The van der Waals surface area contributed by atoms with Crippen LogP contribution in [0.2, 0.25) is 0 Å². The van der Waals surface area contributed by atoms with Crippen LogP contribution in [0.4, 0.5) is 0 Å². The Morgan fingerprint density at radius 3 is 2.36 bits per heavy atom. The van der Waals surface area contributed by atoms with Crippen LogP contribution in [0.3, 0.4) is 0 Å². The van der Waals surface area contributed by atoms with Crippen LogP contribution in [0.15, 0.2) is 36.4 Å². The number of likely N-dealkylation sites (tertiary alicyclic amines) is 2. The third-order valence-corrected chi connectivity index (χ3v) is 15.1. The van der Waals surface area contributed by atoms with Crippen molar-refractivity contribution >= 4 is 32.7 Å². The largest absolute Gasteiger partial charge is 0.497 e. The molecule has 2 amide bonds. The number of fused-ring (bicyclic) bond motifs is 7.